The van der Waals surface area contributed by atoms with Crippen LogP contribution in [-0.4, -0.2) is 29.9 Å². The molecule has 1 heterocycles. The first-order valence-electron chi connectivity index (χ1n) is 10.5. The molecule has 6 nitrogen and oxygen atoms in total. The van der Waals surface area contributed by atoms with Crippen molar-refractivity contribution < 1.29 is 23.8 Å². The van der Waals surface area contributed by atoms with Gasteiger partial charge in [0.05, 0.1) is 19.7 Å². The smallest absolute Gasteiger partial charge is 0.352 e. The van der Waals surface area contributed by atoms with Gasteiger partial charge in [-0.05, 0) is 47.5 Å². The molecule has 0 radical (unpaired) electrons. The minimum atomic E-state index is -1.01. The maximum Gasteiger partial charge on any atom is 0.352 e. The van der Waals surface area contributed by atoms with E-state index in [4.69, 9.17) is 9.47 Å². The number of benzene rings is 3. The predicted octanol–water partition coefficient (Wildman–Crippen LogP) is 4.83. The number of aromatic carboxylic acids is 1. The third kappa shape index (κ3) is 4.83. The Morgan fingerprint density at radius 1 is 0.939 bits per heavy atom. The molecule has 0 aliphatic rings. The number of carboxylic acids is 1. The van der Waals surface area contributed by atoms with Gasteiger partial charge in [0.1, 0.15) is 23.0 Å². The van der Waals surface area contributed by atoms with Crippen LogP contribution in [0.2, 0.25) is 0 Å². The first-order chi connectivity index (χ1) is 16.0. The first kappa shape index (κ1) is 22.4. The summed E-state index contributed by atoms with van der Waals surface area (Å²) in [6.45, 7) is 1.11. The molecule has 0 unspecified atom stereocenters. The van der Waals surface area contributed by atoms with Crippen molar-refractivity contribution in [3.63, 3.8) is 0 Å². The van der Waals surface area contributed by atoms with E-state index >= 15 is 0 Å². The lowest BCUT2D eigenvalue weighted by molar-refractivity contribution is 0.0684. The number of nitrogens with zero attached hydrogens (tertiary/aromatic N) is 1. The number of hydrogen-bond donors (Lipinski definition) is 2. The second-order valence-corrected chi connectivity index (χ2v) is 7.68. The van der Waals surface area contributed by atoms with Crippen LogP contribution in [0.25, 0.3) is 10.9 Å². The molecule has 4 rings (SSSR count). The van der Waals surface area contributed by atoms with Gasteiger partial charge < -0.3 is 24.5 Å². The fourth-order valence-corrected chi connectivity index (χ4v) is 4.01. The molecule has 2 N–H and O–H groups in total. The zero-order valence-corrected chi connectivity index (χ0v) is 18.5. The summed E-state index contributed by atoms with van der Waals surface area (Å²) in [5, 5.41) is 14.2. The Labute approximate surface area is 191 Å². The quantitative estimate of drug-likeness (QED) is 0.384. The standard InChI is InChI=1S/C26H25FN2O4/c1-32-20-8-6-17(7-9-20)16-29-24-13-21(33-2)10-11-22(24)23(25(29)26(30)31)15-28-14-18-4-3-5-19(27)12-18/h3-13,28H,14-16H2,1-2H3,(H,30,31). The number of carbonyl (C=O) groups is 1. The molecule has 0 fully saturated rings. The average Bonchev–Trinajstić information content (AvgIpc) is 3.12. The summed E-state index contributed by atoms with van der Waals surface area (Å²) < 4.78 is 25.9. The van der Waals surface area contributed by atoms with Crippen LogP contribution in [0, 0.1) is 5.82 Å². The van der Waals surface area contributed by atoms with Gasteiger partial charge in [0, 0.05) is 36.7 Å². The van der Waals surface area contributed by atoms with Gasteiger partial charge in [0.25, 0.3) is 0 Å². The van der Waals surface area contributed by atoms with Crippen LogP contribution in [-0.2, 0) is 19.6 Å². The molecule has 7 heteroatoms. The van der Waals surface area contributed by atoms with Gasteiger partial charge in [-0.2, -0.15) is 0 Å². The van der Waals surface area contributed by atoms with Crippen LogP contribution in [0.1, 0.15) is 27.2 Å². The minimum absolute atomic E-state index is 0.209. The van der Waals surface area contributed by atoms with Crippen LogP contribution in [0.3, 0.4) is 0 Å². The van der Waals surface area contributed by atoms with Gasteiger partial charge in [-0.3, -0.25) is 0 Å². The minimum Gasteiger partial charge on any atom is -0.497 e. The van der Waals surface area contributed by atoms with Crippen LogP contribution in [0.15, 0.2) is 66.7 Å². The summed E-state index contributed by atoms with van der Waals surface area (Å²) in [5.74, 6) is 0.0654. The molecule has 0 atom stereocenters. The number of aromatic nitrogens is 1. The number of nitrogens with one attached hydrogen (secondary N) is 1. The Morgan fingerprint density at radius 2 is 1.67 bits per heavy atom. The maximum absolute atomic E-state index is 13.5. The van der Waals surface area contributed by atoms with Crippen molar-refractivity contribution >= 4 is 16.9 Å². The summed E-state index contributed by atoms with van der Waals surface area (Å²) in [7, 11) is 3.18. The molecule has 0 amide bonds. The van der Waals surface area contributed by atoms with Crippen LogP contribution in [0.5, 0.6) is 11.5 Å². The van der Waals surface area contributed by atoms with E-state index in [2.05, 4.69) is 5.32 Å². The number of hydrogen-bond acceptors (Lipinski definition) is 4. The van der Waals surface area contributed by atoms with Gasteiger partial charge in [-0.1, -0.05) is 24.3 Å². The first-order valence-corrected chi connectivity index (χ1v) is 10.5. The van der Waals surface area contributed by atoms with Crippen molar-refractivity contribution in [2.75, 3.05) is 14.2 Å². The van der Waals surface area contributed by atoms with Crippen molar-refractivity contribution in [1.29, 1.82) is 0 Å². The number of rotatable bonds is 9. The Bertz CT molecular complexity index is 1280. The third-order valence-electron chi connectivity index (χ3n) is 5.60. The second kappa shape index (κ2) is 9.75. The Kier molecular flexibility index (Phi) is 6.60. The highest BCUT2D eigenvalue weighted by atomic mass is 19.1. The van der Waals surface area contributed by atoms with Gasteiger partial charge in [0.15, 0.2) is 0 Å². The lowest BCUT2D eigenvalue weighted by atomic mass is 10.1. The topological polar surface area (TPSA) is 72.7 Å². The largest absolute Gasteiger partial charge is 0.497 e. The summed E-state index contributed by atoms with van der Waals surface area (Å²) in [5.41, 5.74) is 3.38. The van der Waals surface area contributed by atoms with E-state index < -0.39 is 5.97 Å². The summed E-state index contributed by atoms with van der Waals surface area (Å²) in [4.78, 5) is 12.4. The van der Waals surface area contributed by atoms with E-state index in [0.29, 0.717) is 30.9 Å². The SMILES string of the molecule is COc1ccc(Cn2c(C(=O)O)c(CNCc3cccc(F)c3)c3ccc(OC)cc32)cc1. The zero-order chi connectivity index (χ0) is 23.4. The van der Waals surface area contributed by atoms with Crippen LogP contribution < -0.4 is 14.8 Å². The monoisotopic (exact) mass is 448 g/mol. The third-order valence-corrected chi connectivity index (χ3v) is 5.60. The number of methoxy groups -OCH3 is 2. The fourth-order valence-electron chi connectivity index (χ4n) is 4.01. The predicted molar refractivity (Wildman–Crippen MR) is 124 cm³/mol. The molecule has 0 aliphatic carbocycles. The molecule has 0 bridgehead atoms. The molecule has 3 aromatic carbocycles. The van der Waals surface area contributed by atoms with Crippen molar-refractivity contribution in [3.05, 3.63) is 94.9 Å². The Balaban J connectivity index is 1.73. The molecule has 4 aromatic rings. The van der Waals surface area contributed by atoms with E-state index in [9.17, 15) is 14.3 Å². The highest BCUT2D eigenvalue weighted by Crippen LogP contribution is 2.31. The number of halogens is 1. The van der Waals surface area contributed by atoms with E-state index in [1.54, 1.807) is 24.9 Å². The molecule has 0 aliphatic heterocycles. The fraction of sp³-hybridized carbons (Fsp3) is 0.192. The molecule has 170 valence electrons. The number of carboxylic acid groups (broad SMARTS) is 1. The van der Waals surface area contributed by atoms with E-state index in [1.807, 2.05) is 48.5 Å². The van der Waals surface area contributed by atoms with Crippen molar-refractivity contribution in [2.45, 2.75) is 19.6 Å². The molecule has 1 aromatic heterocycles. The molecular formula is C26H25FN2O4. The summed E-state index contributed by atoms with van der Waals surface area (Å²) >= 11 is 0. The lowest BCUT2D eigenvalue weighted by Gasteiger charge is -2.11. The molecule has 0 saturated heterocycles. The van der Waals surface area contributed by atoms with Gasteiger partial charge in [0.2, 0.25) is 0 Å². The maximum atomic E-state index is 13.5. The van der Waals surface area contributed by atoms with Crippen LogP contribution >= 0.6 is 0 Å². The van der Waals surface area contributed by atoms with Gasteiger partial charge in [-0.15, -0.1) is 0 Å². The van der Waals surface area contributed by atoms with Crippen LogP contribution in [0.4, 0.5) is 4.39 Å². The molecular weight excluding hydrogens is 423 g/mol. The Hall–Kier alpha value is -3.84. The van der Waals surface area contributed by atoms with Crippen molar-refractivity contribution in [2.24, 2.45) is 0 Å². The summed E-state index contributed by atoms with van der Waals surface area (Å²) in [6.07, 6.45) is 0. The lowest BCUT2D eigenvalue weighted by Crippen LogP contribution is -2.17. The molecule has 0 saturated carbocycles. The van der Waals surface area contributed by atoms with Gasteiger partial charge in [-0.25, -0.2) is 9.18 Å². The highest BCUT2D eigenvalue weighted by molar-refractivity contribution is 5.98. The second-order valence-electron chi connectivity index (χ2n) is 7.68. The van der Waals surface area contributed by atoms with Crippen molar-refractivity contribution in [1.82, 2.24) is 9.88 Å². The zero-order valence-electron chi connectivity index (χ0n) is 18.5. The van der Waals surface area contributed by atoms with E-state index in [0.717, 1.165) is 27.8 Å². The molecule has 33 heavy (non-hydrogen) atoms. The highest BCUT2D eigenvalue weighted by Gasteiger charge is 2.23. The number of fused-ring (bicyclic) bond motifs is 1. The Morgan fingerprint density at radius 3 is 2.33 bits per heavy atom. The average molecular weight is 448 g/mol. The normalized spacial score (nSPS) is 11.0. The summed E-state index contributed by atoms with van der Waals surface area (Å²) in [6, 6.07) is 19.4. The van der Waals surface area contributed by atoms with E-state index in [-0.39, 0.29) is 11.5 Å². The van der Waals surface area contributed by atoms with Crippen molar-refractivity contribution in [3.8, 4) is 11.5 Å². The molecule has 0 spiro atoms. The van der Waals surface area contributed by atoms with Gasteiger partial charge >= 0.3 is 5.97 Å². The van der Waals surface area contributed by atoms with E-state index in [1.165, 1.54) is 12.1 Å². The number of ether oxygens (including phenoxy) is 2.